The molecule has 62 valence electrons. The first-order valence-electron chi connectivity index (χ1n) is 2.34. The predicted molar refractivity (Wildman–Crippen MR) is 37.7 cm³/mol. The van der Waals surface area contributed by atoms with Crippen molar-refractivity contribution in [2.24, 2.45) is 5.73 Å². The quantitative estimate of drug-likeness (QED) is 0.366. The molecule has 0 saturated carbocycles. The Morgan fingerprint density at radius 1 is 1.50 bits per heavy atom. The Morgan fingerprint density at radius 3 is 1.60 bits per heavy atom. The highest BCUT2D eigenvalue weighted by atomic mass is 32.2. The molecule has 0 aromatic rings. The van der Waals surface area contributed by atoms with Crippen molar-refractivity contribution < 1.29 is 18.1 Å². The molecule has 10 heavy (non-hydrogen) atoms. The molecule has 0 fully saturated rings. The molecule has 4 N–H and O–H groups in total. The van der Waals surface area contributed by atoms with E-state index in [1.165, 1.54) is 0 Å². The van der Waals surface area contributed by atoms with Gasteiger partial charge in [-0.1, -0.05) is 0 Å². The second kappa shape index (κ2) is 5.48. The summed E-state index contributed by atoms with van der Waals surface area (Å²) in [7, 11) is 0. The van der Waals surface area contributed by atoms with E-state index in [0.29, 0.717) is 6.29 Å². The molecule has 0 aliphatic heterocycles. The molecule has 0 aliphatic rings. The average Bonchev–Trinajstić information content (AvgIpc) is 1.63. The van der Waals surface area contributed by atoms with Crippen LogP contribution in [-0.2, 0) is 16.2 Å². The van der Waals surface area contributed by atoms with E-state index in [0.717, 1.165) is 0 Å². The molecule has 0 aromatic carbocycles. The van der Waals surface area contributed by atoms with Gasteiger partial charge in [0.1, 0.15) is 6.29 Å². The Morgan fingerprint density at radius 2 is 1.60 bits per heavy atom. The summed E-state index contributed by atoms with van der Waals surface area (Å²) in [6.45, 7) is 3.31. The molecule has 0 spiro atoms. The van der Waals surface area contributed by atoms with Crippen molar-refractivity contribution in [2.75, 3.05) is 0 Å². The molecule has 5 nitrogen and oxygen atoms in total. The number of nitrogens with two attached hydrogens (primary N) is 1. The van der Waals surface area contributed by atoms with Crippen molar-refractivity contribution in [1.82, 2.24) is 0 Å². The number of rotatable bonds is 1. The van der Waals surface area contributed by atoms with Crippen LogP contribution >= 0.6 is 0 Å². The Hall–Kier alpha value is -0.300. The zero-order valence-electron chi connectivity index (χ0n) is 5.77. The molecular formula is C4H11NO4S. The van der Waals surface area contributed by atoms with Crippen LogP contribution in [0.3, 0.4) is 0 Å². The molecule has 0 aliphatic carbocycles. The highest BCUT2D eigenvalue weighted by molar-refractivity contribution is 7.73. The third-order valence-electron chi connectivity index (χ3n) is 0.304. The fraction of sp³-hybridized carbons (Fsp3) is 0.750. The second-order valence-electron chi connectivity index (χ2n) is 2.17. The van der Waals surface area contributed by atoms with Crippen LogP contribution in [0.4, 0.5) is 0 Å². The Labute approximate surface area is 61.7 Å². The highest BCUT2D eigenvalue weighted by Crippen LogP contribution is 1.85. The Kier molecular flexibility index (Phi) is 6.79. The van der Waals surface area contributed by atoms with Crippen molar-refractivity contribution >= 4 is 17.6 Å². The van der Waals surface area contributed by atoms with Gasteiger partial charge in [0.25, 0.3) is 11.4 Å². The van der Waals surface area contributed by atoms with E-state index < -0.39 is 16.9 Å². The first kappa shape index (κ1) is 12.4. The zero-order valence-corrected chi connectivity index (χ0v) is 6.59. The lowest BCUT2D eigenvalue weighted by atomic mass is 10.1. The third kappa shape index (κ3) is 47.4. The maximum absolute atomic E-state index is 9.70. The fourth-order valence-electron chi connectivity index (χ4n) is 0. The van der Waals surface area contributed by atoms with Crippen molar-refractivity contribution in [1.29, 1.82) is 0 Å². The molecule has 0 bridgehead atoms. The molecule has 0 unspecified atom stereocenters. The smallest absolute Gasteiger partial charge is 0.299 e. The molecule has 0 radical (unpaired) electrons. The lowest BCUT2D eigenvalue weighted by Crippen LogP contribution is -2.33. The van der Waals surface area contributed by atoms with Gasteiger partial charge in [0.05, 0.1) is 5.54 Å². The van der Waals surface area contributed by atoms with Gasteiger partial charge < -0.3 is 10.5 Å². The van der Waals surface area contributed by atoms with Crippen LogP contribution in [0.5, 0.6) is 0 Å². The third-order valence-corrected chi connectivity index (χ3v) is 0.304. The van der Waals surface area contributed by atoms with Crippen molar-refractivity contribution in [3.8, 4) is 0 Å². The SMILES string of the molecule is CC(C)(N)C=O.O=S(O)O. The van der Waals surface area contributed by atoms with Gasteiger partial charge in [0, 0.05) is 0 Å². The summed E-state index contributed by atoms with van der Waals surface area (Å²) in [4.78, 5) is 9.70. The summed E-state index contributed by atoms with van der Waals surface area (Å²) in [5, 5.41) is 0. The zero-order chi connectivity index (χ0) is 8.78. The summed E-state index contributed by atoms with van der Waals surface area (Å²) in [6, 6.07) is 0. The van der Waals surface area contributed by atoms with Gasteiger partial charge in [-0.2, -0.15) is 4.21 Å². The molecule has 0 aromatic heterocycles. The predicted octanol–water partition coefficient (Wildman–Crippen LogP) is -0.396. The Bertz CT molecular complexity index is 115. The number of carbonyl (C=O) groups is 1. The van der Waals surface area contributed by atoms with Crippen LogP contribution in [0.1, 0.15) is 13.8 Å². The average molecular weight is 169 g/mol. The standard InChI is InChI=1S/C4H9NO.H2O3S/c1-4(2,5)3-6;1-4(2)3/h3H,5H2,1-2H3;(H2,1,2,3). The molecule has 0 saturated heterocycles. The molecule has 6 heteroatoms. The largest absolute Gasteiger partial charge is 0.320 e. The maximum atomic E-state index is 9.70. The molecule has 0 heterocycles. The number of carbonyl (C=O) groups excluding carboxylic acids is 1. The van der Waals surface area contributed by atoms with Crippen LogP contribution < -0.4 is 5.73 Å². The van der Waals surface area contributed by atoms with Gasteiger partial charge >= 0.3 is 0 Å². The van der Waals surface area contributed by atoms with Gasteiger partial charge in [-0.15, -0.1) is 0 Å². The number of aldehydes is 1. The summed E-state index contributed by atoms with van der Waals surface area (Å²) >= 11 is -2.61. The molecule has 0 atom stereocenters. The summed E-state index contributed by atoms with van der Waals surface area (Å²) in [5.41, 5.74) is 4.53. The van der Waals surface area contributed by atoms with Gasteiger partial charge in [0.2, 0.25) is 0 Å². The minimum atomic E-state index is -2.61. The number of hydrogen-bond acceptors (Lipinski definition) is 3. The van der Waals surface area contributed by atoms with Crippen molar-refractivity contribution in [3.05, 3.63) is 0 Å². The van der Waals surface area contributed by atoms with Gasteiger partial charge in [-0.25, -0.2) is 0 Å². The van der Waals surface area contributed by atoms with E-state index in [9.17, 15) is 4.79 Å². The maximum Gasteiger partial charge on any atom is 0.299 e. The molecule has 0 rings (SSSR count). The van der Waals surface area contributed by atoms with Crippen LogP contribution in [-0.4, -0.2) is 25.1 Å². The second-order valence-corrected chi connectivity index (χ2v) is 2.63. The van der Waals surface area contributed by atoms with E-state index in [4.69, 9.17) is 19.0 Å². The van der Waals surface area contributed by atoms with E-state index in [2.05, 4.69) is 0 Å². The first-order chi connectivity index (χ1) is 4.29. The van der Waals surface area contributed by atoms with Crippen molar-refractivity contribution in [3.63, 3.8) is 0 Å². The highest BCUT2D eigenvalue weighted by Gasteiger charge is 2.04. The summed E-state index contributed by atoms with van der Waals surface area (Å²) in [6.07, 6.45) is 0.715. The van der Waals surface area contributed by atoms with Crippen LogP contribution in [0.2, 0.25) is 0 Å². The van der Waals surface area contributed by atoms with E-state index in [1.807, 2.05) is 0 Å². The fourth-order valence-corrected chi connectivity index (χ4v) is 0. The summed E-state index contributed by atoms with van der Waals surface area (Å²) < 4.78 is 22.8. The lowest BCUT2D eigenvalue weighted by molar-refractivity contribution is -0.111. The van der Waals surface area contributed by atoms with Gasteiger partial charge in [-0.3, -0.25) is 9.11 Å². The van der Waals surface area contributed by atoms with Crippen LogP contribution in [0.25, 0.3) is 0 Å². The first-order valence-corrected chi connectivity index (χ1v) is 3.41. The van der Waals surface area contributed by atoms with E-state index >= 15 is 0 Å². The number of hydrogen-bond donors (Lipinski definition) is 3. The molecular weight excluding hydrogens is 158 g/mol. The lowest BCUT2D eigenvalue weighted by Gasteiger charge is -2.04. The minimum absolute atomic E-state index is 0.639. The summed E-state index contributed by atoms with van der Waals surface area (Å²) in [5.74, 6) is 0. The van der Waals surface area contributed by atoms with E-state index in [-0.39, 0.29) is 0 Å². The monoisotopic (exact) mass is 169 g/mol. The van der Waals surface area contributed by atoms with Gasteiger partial charge in [-0.05, 0) is 13.8 Å². The van der Waals surface area contributed by atoms with Gasteiger partial charge in [0.15, 0.2) is 0 Å². The van der Waals surface area contributed by atoms with Crippen LogP contribution in [0.15, 0.2) is 0 Å². The minimum Gasteiger partial charge on any atom is -0.320 e. The normalized spacial score (nSPS) is 10.2. The molecule has 0 amide bonds. The van der Waals surface area contributed by atoms with Crippen LogP contribution in [0, 0.1) is 0 Å². The van der Waals surface area contributed by atoms with E-state index in [1.54, 1.807) is 13.8 Å². The Balaban J connectivity index is 0. The topological polar surface area (TPSA) is 101 Å². The van der Waals surface area contributed by atoms with Crippen molar-refractivity contribution in [2.45, 2.75) is 19.4 Å².